The van der Waals surface area contributed by atoms with Gasteiger partial charge < -0.3 is 9.52 Å². The summed E-state index contributed by atoms with van der Waals surface area (Å²) in [6, 6.07) is 3.43. The minimum absolute atomic E-state index is 0.491. The van der Waals surface area contributed by atoms with E-state index in [0.717, 1.165) is 0 Å². The zero-order valence-electron chi connectivity index (χ0n) is 7.08. The summed E-state index contributed by atoms with van der Waals surface area (Å²) >= 11 is 0. The summed E-state index contributed by atoms with van der Waals surface area (Å²) in [5, 5.41) is 17.1. The molecule has 0 aliphatic rings. The lowest BCUT2D eigenvalue weighted by Crippen LogP contribution is -2.05. The van der Waals surface area contributed by atoms with Crippen LogP contribution in [0.1, 0.15) is 17.6 Å². The van der Waals surface area contributed by atoms with Crippen molar-refractivity contribution in [2.75, 3.05) is 0 Å². The average Bonchev–Trinajstić information content (AvgIpc) is 2.72. The fourth-order valence-electron chi connectivity index (χ4n) is 1.14. The Labute approximate surface area is 74.6 Å². The molecular formula is C8H9N3O2. The number of hydrogen-bond acceptors (Lipinski definition) is 4. The Morgan fingerprint density at radius 1 is 1.62 bits per heavy atom. The van der Waals surface area contributed by atoms with E-state index < -0.39 is 6.10 Å². The third-order valence-corrected chi connectivity index (χ3v) is 1.84. The van der Waals surface area contributed by atoms with Gasteiger partial charge in [0.2, 0.25) is 0 Å². The summed E-state index contributed by atoms with van der Waals surface area (Å²) < 4.78 is 6.56. The van der Waals surface area contributed by atoms with E-state index in [2.05, 4.69) is 10.3 Å². The first-order valence-electron chi connectivity index (χ1n) is 3.85. The number of aliphatic hydroxyl groups excluding tert-OH is 1. The number of rotatable bonds is 2. The summed E-state index contributed by atoms with van der Waals surface area (Å²) in [5.41, 5.74) is 0.606. The van der Waals surface area contributed by atoms with Gasteiger partial charge in [-0.25, -0.2) is 4.68 Å². The highest BCUT2D eigenvalue weighted by molar-refractivity contribution is 5.14. The lowest BCUT2D eigenvalue weighted by atomic mass is 10.2. The van der Waals surface area contributed by atoms with Crippen molar-refractivity contribution >= 4 is 0 Å². The maximum atomic E-state index is 9.76. The second-order valence-electron chi connectivity index (χ2n) is 2.70. The zero-order valence-corrected chi connectivity index (χ0v) is 7.08. The smallest absolute Gasteiger partial charge is 0.155 e. The average molecular weight is 179 g/mol. The van der Waals surface area contributed by atoms with Crippen molar-refractivity contribution in [3.8, 4) is 0 Å². The first-order chi connectivity index (χ1) is 6.29. The van der Waals surface area contributed by atoms with Crippen LogP contribution in [0.25, 0.3) is 0 Å². The molecule has 1 atom stereocenters. The SMILES string of the molecule is Cn1nncc1C(O)c1ccco1. The molecule has 5 heteroatoms. The maximum absolute atomic E-state index is 9.76. The van der Waals surface area contributed by atoms with Crippen molar-refractivity contribution in [2.24, 2.45) is 7.05 Å². The van der Waals surface area contributed by atoms with Crippen LogP contribution in [0, 0.1) is 0 Å². The molecule has 0 saturated heterocycles. The van der Waals surface area contributed by atoms with E-state index in [4.69, 9.17) is 4.42 Å². The number of aliphatic hydroxyl groups is 1. The van der Waals surface area contributed by atoms with Gasteiger partial charge in [0.25, 0.3) is 0 Å². The molecule has 0 aliphatic carbocycles. The number of furan rings is 1. The fourth-order valence-corrected chi connectivity index (χ4v) is 1.14. The minimum Gasteiger partial charge on any atom is -0.466 e. The van der Waals surface area contributed by atoms with Gasteiger partial charge >= 0.3 is 0 Å². The van der Waals surface area contributed by atoms with Crippen molar-refractivity contribution < 1.29 is 9.52 Å². The third kappa shape index (κ3) is 1.33. The van der Waals surface area contributed by atoms with Gasteiger partial charge in [-0.1, -0.05) is 5.21 Å². The van der Waals surface area contributed by atoms with Crippen LogP contribution in [0.4, 0.5) is 0 Å². The predicted molar refractivity (Wildman–Crippen MR) is 43.8 cm³/mol. The quantitative estimate of drug-likeness (QED) is 0.728. The molecule has 0 fully saturated rings. The molecule has 0 bridgehead atoms. The van der Waals surface area contributed by atoms with Gasteiger partial charge in [-0.05, 0) is 12.1 Å². The van der Waals surface area contributed by atoms with Crippen molar-refractivity contribution in [1.29, 1.82) is 0 Å². The topological polar surface area (TPSA) is 64.1 Å². The summed E-state index contributed by atoms with van der Waals surface area (Å²) in [5.74, 6) is 0.491. The Balaban J connectivity index is 2.33. The molecule has 0 aliphatic heterocycles. The summed E-state index contributed by atoms with van der Waals surface area (Å²) in [4.78, 5) is 0. The summed E-state index contributed by atoms with van der Waals surface area (Å²) in [7, 11) is 1.72. The Bertz CT molecular complexity index is 380. The highest BCUT2D eigenvalue weighted by atomic mass is 16.4. The molecule has 1 N–H and O–H groups in total. The number of hydrogen-bond donors (Lipinski definition) is 1. The van der Waals surface area contributed by atoms with Crippen molar-refractivity contribution in [2.45, 2.75) is 6.10 Å². The summed E-state index contributed by atoms with van der Waals surface area (Å²) in [6.07, 6.45) is 2.23. The van der Waals surface area contributed by atoms with E-state index in [1.54, 1.807) is 19.2 Å². The molecule has 13 heavy (non-hydrogen) atoms. The first-order valence-corrected chi connectivity index (χ1v) is 3.85. The van der Waals surface area contributed by atoms with Crippen molar-refractivity contribution in [1.82, 2.24) is 15.0 Å². The van der Waals surface area contributed by atoms with E-state index in [0.29, 0.717) is 11.5 Å². The van der Waals surface area contributed by atoms with Gasteiger partial charge in [0, 0.05) is 7.05 Å². The molecule has 0 radical (unpaired) electrons. The molecule has 2 aromatic rings. The van der Waals surface area contributed by atoms with E-state index in [1.807, 2.05) is 0 Å². The maximum Gasteiger partial charge on any atom is 0.155 e. The normalized spacial score (nSPS) is 13.1. The van der Waals surface area contributed by atoms with Crippen LogP contribution in [0.5, 0.6) is 0 Å². The minimum atomic E-state index is -0.796. The molecule has 0 saturated carbocycles. The van der Waals surface area contributed by atoms with E-state index in [1.165, 1.54) is 17.1 Å². The molecular weight excluding hydrogens is 170 g/mol. The molecule has 0 amide bonds. The van der Waals surface area contributed by atoms with Crippen molar-refractivity contribution in [3.05, 3.63) is 36.0 Å². The Hall–Kier alpha value is -1.62. The molecule has 68 valence electrons. The molecule has 2 heterocycles. The molecule has 2 aromatic heterocycles. The van der Waals surface area contributed by atoms with Crippen LogP contribution in [0.3, 0.4) is 0 Å². The van der Waals surface area contributed by atoms with Gasteiger partial charge in [-0.3, -0.25) is 0 Å². The molecule has 1 unspecified atom stereocenters. The second-order valence-corrected chi connectivity index (χ2v) is 2.70. The van der Waals surface area contributed by atoms with Crippen LogP contribution in [0.15, 0.2) is 29.0 Å². The first kappa shape index (κ1) is 8.00. The number of aromatic nitrogens is 3. The van der Waals surface area contributed by atoms with Gasteiger partial charge in [-0.15, -0.1) is 5.10 Å². The molecule has 0 spiro atoms. The number of aryl methyl sites for hydroxylation is 1. The van der Waals surface area contributed by atoms with E-state index >= 15 is 0 Å². The molecule has 5 nitrogen and oxygen atoms in total. The Kier molecular flexibility index (Phi) is 1.86. The monoisotopic (exact) mass is 179 g/mol. The Morgan fingerprint density at radius 3 is 3.00 bits per heavy atom. The van der Waals surface area contributed by atoms with E-state index in [-0.39, 0.29) is 0 Å². The van der Waals surface area contributed by atoms with Crippen LogP contribution < -0.4 is 0 Å². The zero-order chi connectivity index (χ0) is 9.26. The van der Waals surface area contributed by atoms with Gasteiger partial charge in [0.05, 0.1) is 18.2 Å². The van der Waals surface area contributed by atoms with Crippen LogP contribution in [-0.4, -0.2) is 20.1 Å². The lowest BCUT2D eigenvalue weighted by molar-refractivity contribution is 0.180. The summed E-state index contributed by atoms with van der Waals surface area (Å²) in [6.45, 7) is 0. The Morgan fingerprint density at radius 2 is 2.46 bits per heavy atom. The molecule has 0 aromatic carbocycles. The van der Waals surface area contributed by atoms with E-state index in [9.17, 15) is 5.11 Å². The van der Waals surface area contributed by atoms with Gasteiger partial charge in [-0.2, -0.15) is 0 Å². The predicted octanol–water partition coefficient (Wildman–Crippen LogP) is 0.490. The number of nitrogens with zero attached hydrogens (tertiary/aromatic N) is 3. The van der Waals surface area contributed by atoms with Crippen LogP contribution in [0.2, 0.25) is 0 Å². The highest BCUT2D eigenvalue weighted by Crippen LogP contribution is 2.20. The highest BCUT2D eigenvalue weighted by Gasteiger charge is 2.16. The van der Waals surface area contributed by atoms with Crippen LogP contribution in [-0.2, 0) is 7.05 Å². The fraction of sp³-hybridized carbons (Fsp3) is 0.250. The third-order valence-electron chi connectivity index (χ3n) is 1.84. The second kappa shape index (κ2) is 3.02. The largest absolute Gasteiger partial charge is 0.466 e. The van der Waals surface area contributed by atoms with Gasteiger partial charge in [0.1, 0.15) is 5.76 Å². The standard InChI is InChI=1S/C8H9N3O2/c1-11-6(5-9-10-11)8(12)7-3-2-4-13-7/h2-5,8,12H,1H3. The lowest BCUT2D eigenvalue weighted by Gasteiger charge is -2.05. The van der Waals surface area contributed by atoms with Crippen molar-refractivity contribution in [3.63, 3.8) is 0 Å². The molecule has 2 rings (SSSR count). The van der Waals surface area contributed by atoms with Crippen LogP contribution >= 0.6 is 0 Å². The van der Waals surface area contributed by atoms with Gasteiger partial charge in [0.15, 0.2) is 6.10 Å².